The summed E-state index contributed by atoms with van der Waals surface area (Å²) in [5.41, 5.74) is 1.33. The van der Waals surface area contributed by atoms with Gasteiger partial charge in [0, 0.05) is 6.07 Å². The molecule has 16 heavy (non-hydrogen) atoms. The van der Waals surface area contributed by atoms with E-state index in [1.807, 2.05) is 0 Å². The third-order valence-electron chi connectivity index (χ3n) is 1.78. The number of hydrogen-bond acceptors (Lipinski definition) is 5. The summed E-state index contributed by atoms with van der Waals surface area (Å²) in [4.78, 5) is 7.95. The Morgan fingerprint density at radius 3 is 2.38 bits per heavy atom. The van der Waals surface area contributed by atoms with Crippen LogP contribution in [-0.4, -0.2) is 37.8 Å². The number of nitrogens with one attached hydrogen (secondary N) is 1. The first kappa shape index (κ1) is 12.9. The van der Waals surface area contributed by atoms with Crippen LogP contribution in [-0.2, 0) is 10.0 Å². The molecule has 0 aliphatic heterocycles. The monoisotopic (exact) mass is 244 g/mol. The number of aryl methyl sites for hydroxylation is 2. The maximum atomic E-state index is 11.1. The Balaban J connectivity index is 2.55. The summed E-state index contributed by atoms with van der Waals surface area (Å²) in [6.07, 6.45) is 0. The summed E-state index contributed by atoms with van der Waals surface area (Å²) in [5, 5.41) is 0. The van der Waals surface area contributed by atoms with Crippen LogP contribution in [0.25, 0.3) is 0 Å². The van der Waals surface area contributed by atoms with E-state index < -0.39 is 10.0 Å². The van der Waals surface area contributed by atoms with E-state index in [1.54, 1.807) is 13.8 Å². The number of rotatable bonds is 5. The normalized spacial score (nSPS) is 11.4. The highest BCUT2D eigenvalue weighted by Crippen LogP contribution is 2.05. The molecule has 7 heteroatoms. The average Bonchev–Trinajstić information content (AvgIpc) is 2.16. The van der Waals surface area contributed by atoms with Gasteiger partial charge < -0.3 is 4.74 Å². The summed E-state index contributed by atoms with van der Waals surface area (Å²) in [7, 11) is -1.89. The highest BCUT2D eigenvalue weighted by molar-refractivity contribution is 7.89. The molecule has 0 unspecified atom stereocenters. The second-order valence-electron chi connectivity index (χ2n) is 3.17. The molecule has 0 spiro atoms. The molecule has 0 saturated carbocycles. The topological polar surface area (TPSA) is 81.2 Å². The molecule has 1 aromatic rings. The molecule has 1 heterocycles. The predicted octanol–water partition coefficient (Wildman–Crippen LogP) is -0.178. The molecule has 0 aliphatic rings. The van der Waals surface area contributed by atoms with Crippen molar-refractivity contribution >= 4 is 10.0 Å². The van der Waals surface area contributed by atoms with Crippen molar-refractivity contribution in [3.05, 3.63) is 17.5 Å². The van der Waals surface area contributed by atoms with Crippen molar-refractivity contribution in [2.45, 2.75) is 13.8 Å². The van der Waals surface area contributed by atoms with Gasteiger partial charge >= 0.3 is 6.01 Å². The van der Waals surface area contributed by atoms with E-state index >= 15 is 0 Å². The Hall–Kier alpha value is -1.21. The Kier molecular flexibility index (Phi) is 4.19. The Morgan fingerprint density at radius 1 is 1.31 bits per heavy atom. The van der Waals surface area contributed by atoms with Crippen molar-refractivity contribution in [3.8, 4) is 6.01 Å². The fraction of sp³-hybridized carbons (Fsp3) is 0.556. The molecule has 0 saturated heterocycles. The number of sulfonamides is 1. The summed E-state index contributed by atoms with van der Waals surface area (Å²) in [5.74, 6) is -0.121. The second-order valence-corrected chi connectivity index (χ2v) is 5.22. The van der Waals surface area contributed by atoms with Crippen LogP contribution in [0.1, 0.15) is 11.4 Å². The number of nitrogens with zero attached hydrogens (tertiary/aromatic N) is 2. The second kappa shape index (κ2) is 5.22. The molecule has 0 amide bonds. The Bertz CT molecular complexity index is 439. The lowest BCUT2D eigenvalue weighted by molar-refractivity contribution is 0.311. The number of aromatic nitrogens is 2. The fourth-order valence-corrected chi connectivity index (χ4v) is 1.55. The standard InChI is InChI=1S/C9H14N3O3S/c1-7-6-8(2)12-9(11-7)15-4-5-16(13,14)10-3/h10H,4-5H2,1-3H3. The molecule has 1 N–H and O–H groups in total. The van der Waals surface area contributed by atoms with E-state index in [9.17, 15) is 8.42 Å². The molecule has 0 aromatic carbocycles. The van der Waals surface area contributed by atoms with E-state index in [-0.39, 0.29) is 18.4 Å². The average molecular weight is 244 g/mol. The maximum absolute atomic E-state index is 11.1. The van der Waals surface area contributed by atoms with Crippen LogP contribution < -0.4 is 9.46 Å². The van der Waals surface area contributed by atoms with E-state index in [2.05, 4.69) is 20.8 Å². The van der Waals surface area contributed by atoms with Gasteiger partial charge in [-0.05, 0) is 20.9 Å². The largest absolute Gasteiger partial charge is 0.462 e. The van der Waals surface area contributed by atoms with Crippen molar-refractivity contribution < 1.29 is 13.2 Å². The van der Waals surface area contributed by atoms with E-state index in [4.69, 9.17) is 4.74 Å². The SMILES string of the molecule is CNS(=O)(=O)CCOc1nc(C)[c]c(C)n1. The lowest BCUT2D eigenvalue weighted by Crippen LogP contribution is -2.25. The Labute approximate surface area is 95.1 Å². The van der Waals surface area contributed by atoms with Gasteiger partial charge in [0.1, 0.15) is 6.61 Å². The predicted molar refractivity (Wildman–Crippen MR) is 58.7 cm³/mol. The van der Waals surface area contributed by atoms with Gasteiger partial charge in [-0.1, -0.05) is 0 Å². The molecule has 1 aromatic heterocycles. The summed E-state index contributed by atoms with van der Waals surface area (Å²) in [6.45, 7) is 3.56. The van der Waals surface area contributed by atoms with E-state index in [0.717, 1.165) is 0 Å². The van der Waals surface area contributed by atoms with Gasteiger partial charge in [-0.3, -0.25) is 0 Å². The zero-order valence-electron chi connectivity index (χ0n) is 9.44. The third-order valence-corrected chi connectivity index (χ3v) is 3.11. The van der Waals surface area contributed by atoms with Crippen molar-refractivity contribution in [1.29, 1.82) is 0 Å². The van der Waals surface area contributed by atoms with Crippen LogP contribution in [0.4, 0.5) is 0 Å². The van der Waals surface area contributed by atoms with Gasteiger partial charge in [0.15, 0.2) is 0 Å². The van der Waals surface area contributed by atoms with Crippen molar-refractivity contribution in [2.24, 2.45) is 0 Å². The molecule has 89 valence electrons. The molecule has 6 nitrogen and oxygen atoms in total. The van der Waals surface area contributed by atoms with Gasteiger partial charge in [-0.15, -0.1) is 0 Å². The Morgan fingerprint density at radius 2 is 1.88 bits per heavy atom. The first-order valence-corrected chi connectivity index (χ1v) is 6.37. The van der Waals surface area contributed by atoms with Crippen LogP contribution >= 0.6 is 0 Å². The van der Waals surface area contributed by atoms with Crippen LogP contribution in [0, 0.1) is 19.9 Å². The van der Waals surface area contributed by atoms with Crippen molar-refractivity contribution in [3.63, 3.8) is 0 Å². The van der Waals surface area contributed by atoms with Gasteiger partial charge in [0.25, 0.3) is 0 Å². The lowest BCUT2D eigenvalue weighted by Gasteiger charge is -2.05. The molecule has 1 rings (SSSR count). The van der Waals surface area contributed by atoms with E-state index in [1.165, 1.54) is 7.05 Å². The molecule has 0 aliphatic carbocycles. The molecule has 0 bridgehead atoms. The van der Waals surface area contributed by atoms with Crippen LogP contribution in [0.5, 0.6) is 6.01 Å². The van der Waals surface area contributed by atoms with Gasteiger partial charge in [-0.25, -0.2) is 13.1 Å². The van der Waals surface area contributed by atoms with Gasteiger partial charge in [0.05, 0.1) is 17.1 Å². The van der Waals surface area contributed by atoms with Gasteiger partial charge in [-0.2, -0.15) is 9.97 Å². The summed E-state index contributed by atoms with van der Waals surface area (Å²) < 4.78 is 29.5. The smallest absolute Gasteiger partial charge is 0.316 e. The quantitative estimate of drug-likeness (QED) is 0.777. The lowest BCUT2D eigenvalue weighted by atomic mass is 10.4. The highest BCUT2D eigenvalue weighted by atomic mass is 32.2. The third kappa shape index (κ3) is 4.11. The first-order valence-electron chi connectivity index (χ1n) is 4.71. The fourth-order valence-electron chi connectivity index (χ4n) is 1.04. The number of ether oxygens (including phenoxy) is 1. The zero-order chi connectivity index (χ0) is 12.2. The zero-order valence-corrected chi connectivity index (χ0v) is 10.3. The van der Waals surface area contributed by atoms with Gasteiger partial charge in [0.2, 0.25) is 10.0 Å². The molecular weight excluding hydrogens is 230 g/mol. The van der Waals surface area contributed by atoms with Crippen LogP contribution in [0.3, 0.4) is 0 Å². The minimum atomic E-state index is -3.25. The summed E-state index contributed by atoms with van der Waals surface area (Å²) in [6, 6.07) is 3.08. The first-order chi connectivity index (χ1) is 7.43. The van der Waals surface area contributed by atoms with Crippen molar-refractivity contribution in [2.75, 3.05) is 19.4 Å². The van der Waals surface area contributed by atoms with Crippen LogP contribution in [0.2, 0.25) is 0 Å². The molecule has 1 radical (unpaired) electrons. The van der Waals surface area contributed by atoms with E-state index in [0.29, 0.717) is 11.4 Å². The summed E-state index contributed by atoms with van der Waals surface area (Å²) >= 11 is 0. The van der Waals surface area contributed by atoms with Crippen LogP contribution in [0.15, 0.2) is 0 Å². The maximum Gasteiger partial charge on any atom is 0.316 e. The minimum Gasteiger partial charge on any atom is -0.462 e. The molecule has 0 atom stereocenters. The molecule has 0 fully saturated rings. The minimum absolute atomic E-state index is 0.0199. The van der Waals surface area contributed by atoms with Crippen molar-refractivity contribution in [1.82, 2.24) is 14.7 Å². The number of hydrogen-bond donors (Lipinski definition) is 1. The highest BCUT2D eigenvalue weighted by Gasteiger charge is 2.08. The molecular formula is C9H14N3O3S.